The number of amides is 1. The normalized spacial score (nSPS) is 15.4. The SMILES string of the molecule is CCc1ccccc1N1C(=O)/C(=C/c2ccc(SCc3ccc(Cl)cc3)o2)SC1=S. The molecule has 3 nitrogen and oxygen atoms in total. The Kier molecular flexibility index (Phi) is 6.68. The predicted molar refractivity (Wildman–Crippen MR) is 131 cm³/mol. The lowest BCUT2D eigenvalue weighted by Gasteiger charge is -2.17. The van der Waals surface area contributed by atoms with Gasteiger partial charge in [0.25, 0.3) is 5.91 Å². The minimum atomic E-state index is -0.113. The maximum Gasteiger partial charge on any atom is 0.270 e. The first-order valence-corrected chi connectivity index (χ1v) is 12.0. The predicted octanol–water partition coefficient (Wildman–Crippen LogP) is 7.19. The molecule has 0 saturated carbocycles. The molecule has 0 atom stereocenters. The van der Waals surface area contributed by atoms with E-state index in [2.05, 4.69) is 6.92 Å². The highest BCUT2D eigenvalue weighted by Gasteiger charge is 2.34. The molecule has 1 fully saturated rings. The molecule has 30 heavy (non-hydrogen) atoms. The van der Waals surface area contributed by atoms with Crippen LogP contribution >= 0.6 is 47.3 Å². The number of hydrogen-bond acceptors (Lipinski definition) is 5. The fourth-order valence-corrected chi connectivity index (χ4v) is 5.27. The number of nitrogens with zero attached hydrogens (tertiary/aromatic N) is 1. The Balaban J connectivity index is 1.48. The standard InChI is InChI=1S/C23H18ClNO2S3/c1-2-16-5-3-4-6-19(16)25-22(26)20(30-23(25)28)13-18-11-12-21(27-18)29-14-15-7-9-17(24)10-8-15/h3-13H,2,14H2,1H3/b20-13-. The van der Waals surface area contributed by atoms with Gasteiger partial charge in [-0.2, -0.15) is 0 Å². The molecule has 3 aromatic rings. The Morgan fingerprint density at radius 2 is 1.90 bits per heavy atom. The Bertz CT molecular complexity index is 1120. The smallest absolute Gasteiger partial charge is 0.270 e. The third kappa shape index (κ3) is 4.67. The summed E-state index contributed by atoms with van der Waals surface area (Å²) >= 11 is 14.3. The van der Waals surface area contributed by atoms with Gasteiger partial charge < -0.3 is 4.42 Å². The molecule has 1 aromatic heterocycles. The number of thiocarbonyl (C=S) groups is 1. The monoisotopic (exact) mass is 471 g/mol. The van der Waals surface area contributed by atoms with Crippen LogP contribution in [-0.4, -0.2) is 10.2 Å². The molecule has 0 unspecified atom stereocenters. The average molecular weight is 472 g/mol. The van der Waals surface area contributed by atoms with Crippen molar-refractivity contribution < 1.29 is 9.21 Å². The maximum atomic E-state index is 13.0. The number of aryl methyl sites for hydroxylation is 1. The topological polar surface area (TPSA) is 33.5 Å². The molecule has 1 aliphatic heterocycles. The summed E-state index contributed by atoms with van der Waals surface area (Å²) in [4.78, 5) is 15.2. The van der Waals surface area contributed by atoms with Crippen LogP contribution in [0.1, 0.15) is 23.8 Å². The first-order valence-electron chi connectivity index (χ1n) is 9.38. The first kappa shape index (κ1) is 21.2. The van der Waals surface area contributed by atoms with Crippen LogP contribution < -0.4 is 4.90 Å². The molecule has 0 bridgehead atoms. The molecule has 152 valence electrons. The number of furan rings is 1. The van der Waals surface area contributed by atoms with Crippen molar-refractivity contribution in [2.75, 3.05) is 4.90 Å². The summed E-state index contributed by atoms with van der Waals surface area (Å²) in [6, 6.07) is 19.4. The van der Waals surface area contributed by atoms with E-state index in [9.17, 15) is 4.79 Å². The van der Waals surface area contributed by atoms with E-state index in [1.54, 1.807) is 22.7 Å². The van der Waals surface area contributed by atoms with Crippen LogP contribution in [0.5, 0.6) is 0 Å². The molecule has 0 radical (unpaired) electrons. The lowest BCUT2D eigenvalue weighted by Crippen LogP contribution is -2.28. The highest BCUT2D eigenvalue weighted by atomic mass is 35.5. The first-order chi connectivity index (χ1) is 14.5. The van der Waals surface area contributed by atoms with Gasteiger partial charge in [0.05, 0.1) is 10.6 Å². The molecule has 1 amide bonds. The molecule has 1 aliphatic rings. The molecular formula is C23H18ClNO2S3. The summed E-state index contributed by atoms with van der Waals surface area (Å²) in [5, 5.41) is 1.52. The molecule has 2 heterocycles. The van der Waals surface area contributed by atoms with Gasteiger partial charge in [0.2, 0.25) is 0 Å². The Labute approximate surface area is 194 Å². The Morgan fingerprint density at radius 3 is 2.67 bits per heavy atom. The second kappa shape index (κ2) is 9.43. The molecule has 0 N–H and O–H groups in total. The minimum absolute atomic E-state index is 0.113. The van der Waals surface area contributed by atoms with E-state index in [-0.39, 0.29) is 5.91 Å². The zero-order valence-electron chi connectivity index (χ0n) is 16.1. The van der Waals surface area contributed by atoms with Gasteiger partial charge in [-0.25, -0.2) is 0 Å². The maximum absolute atomic E-state index is 13.0. The second-order valence-electron chi connectivity index (χ2n) is 6.57. The van der Waals surface area contributed by atoms with Crippen LogP contribution in [0.15, 0.2) is 75.1 Å². The van der Waals surface area contributed by atoms with Crippen LogP contribution in [0.2, 0.25) is 5.02 Å². The largest absolute Gasteiger partial charge is 0.450 e. The van der Waals surface area contributed by atoms with Gasteiger partial charge in [-0.15, -0.1) is 0 Å². The minimum Gasteiger partial charge on any atom is -0.450 e. The number of hydrogen-bond donors (Lipinski definition) is 0. The van der Waals surface area contributed by atoms with Crippen LogP contribution in [-0.2, 0) is 17.0 Å². The van der Waals surface area contributed by atoms with Crippen LogP contribution in [0.4, 0.5) is 5.69 Å². The number of anilines is 1. The van der Waals surface area contributed by atoms with Gasteiger partial charge in [-0.3, -0.25) is 9.69 Å². The number of benzene rings is 2. The quantitative estimate of drug-likeness (QED) is 0.216. The lowest BCUT2D eigenvalue weighted by molar-refractivity contribution is -0.113. The van der Waals surface area contributed by atoms with Gasteiger partial charge in [0.1, 0.15) is 5.76 Å². The molecule has 4 rings (SSSR count). The molecule has 2 aromatic carbocycles. The summed E-state index contributed by atoms with van der Waals surface area (Å²) < 4.78 is 6.43. The summed E-state index contributed by atoms with van der Waals surface area (Å²) in [6.45, 7) is 2.07. The molecular weight excluding hydrogens is 454 g/mol. The van der Waals surface area contributed by atoms with E-state index in [0.717, 1.165) is 39.1 Å². The van der Waals surface area contributed by atoms with E-state index in [0.29, 0.717) is 15.0 Å². The van der Waals surface area contributed by atoms with E-state index >= 15 is 0 Å². The third-order valence-electron chi connectivity index (χ3n) is 4.58. The summed E-state index contributed by atoms with van der Waals surface area (Å²) in [5.74, 6) is 1.30. The molecule has 0 spiro atoms. The Hall–Kier alpha value is -1.99. The lowest BCUT2D eigenvalue weighted by atomic mass is 10.1. The van der Waals surface area contributed by atoms with Gasteiger partial charge in [-0.05, 0) is 47.9 Å². The van der Waals surface area contributed by atoms with Crippen LogP contribution in [0, 0.1) is 0 Å². The number of thioether (sulfide) groups is 2. The van der Waals surface area contributed by atoms with Crippen molar-refractivity contribution in [1.29, 1.82) is 0 Å². The average Bonchev–Trinajstić information content (AvgIpc) is 3.31. The van der Waals surface area contributed by atoms with E-state index in [1.807, 2.05) is 60.7 Å². The number of halogens is 1. The van der Waals surface area contributed by atoms with E-state index < -0.39 is 0 Å². The molecule has 0 aliphatic carbocycles. The number of carbonyl (C=O) groups excluding carboxylic acids is 1. The second-order valence-corrected chi connectivity index (χ2v) is 9.66. The van der Waals surface area contributed by atoms with Crippen molar-refractivity contribution >= 4 is 69.3 Å². The van der Waals surface area contributed by atoms with E-state index in [1.165, 1.54) is 11.8 Å². The zero-order chi connectivity index (χ0) is 21.1. The summed E-state index contributed by atoms with van der Waals surface area (Å²) in [7, 11) is 0. The van der Waals surface area contributed by atoms with Crippen molar-refractivity contribution in [2.45, 2.75) is 24.2 Å². The van der Waals surface area contributed by atoms with Crippen LogP contribution in [0.25, 0.3) is 6.08 Å². The molecule has 7 heteroatoms. The zero-order valence-corrected chi connectivity index (χ0v) is 19.3. The van der Waals surface area contributed by atoms with Gasteiger partial charge in [-0.1, -0.05) is 84.6 Å². The fraction of sp³-hybridized carbons (Fsp3) is 0.130. The highest BCUT2D eigenvalue weighted by molar-refractivity contribution is 8.27. The number of para-hydroxylation sites is 1. The van der Waals surface area contributed by atoms with Crippen LogP contribution in [0.3, 0.4) is 0 Å². The van der Waals surface area contributed by atoms with Crippen molar-refractivity contribution in [3.05, 3.63) is 87.5 Å². The number of rotatable bonds is 6. The van der Waals surface area contributed by atoms with Gasteiger partial charge >= 0.3 is 0 Å². The Morgan fingerprint density at radius 1 is 1.13 bits per heavy atom. The van der Waals surface area contributed by atoms with E-state index in [4.69, 9.17) is 28.2 Å². The fourth-order valence-electron chi connectivity index (χ4n) is 3.06. The summed E-state index contributed by atoms with van der Waals surface area (Å²) in [5.41, 5.74) is 3.11. The van der Waals surface area contributed by atoms with Crippen molar-refractivity contribution in [2.24, 2.45) is 0 Å². The third-order valence-corrected chi connectivity index (χ3v) is 7.11. The van der Waals surface area contributed by atoms with Crippen molar-refractivity contribution in [1.82, 2.24) is 0 Å². The highest BCUT2D eigenvalue weighted by Crippen LogP contribution is 2.38. The van der Waals surface area contributed by atoms with Crippen molar-refractivity contribution in [3.8, 4) is 0 Å². The number of carbonyl (C=O) groups is 1. The van der Waals surface area contributed by atoms with Gasteiger partial charge in [0, 0.05) is 16.9 Å². The van der Waals surface area contributed by atoms with Crippen molar-refractivity contribution in [3.63, 3.8) is 0 Å². The molecule has 1 saturated heterocycles. The summed E-state index contributed by atoms with van der Waals surface area (Å²) in [6.07, 6.45) is 2.60. The van der Waals surface area contributed by atoms with Gasteiger partial charge in [0.15, 0.2) is 9.41 Å².